The summed E-state index contributed by atoms with van der Waals surface area (Å²) in [6, 6.07) is 16.5. The van der Waals surface area contributed by atoms with E-state index in [9.17, 15) is 4.79 Å². The van der Waals surface area contributed by atoms with Gasteiger partial charge in [0.1, 0.15) is 0 Å². The Bertz CT molecular complexity index is 1440. The average molecular weight is 308 g/mol. The zero-order valence-electron chi connectivity index (χ0n) is 12.7. The summed E-state index contributed by atoms with van der Waals surface area (Å²) in [6.07, 6.45) is 4.08. The van der Waals surface area contributed by atoms with Crippen molar-refractivity contribution in [1.29, 1.82) is 0 Å². The first-order valence-electron chi connectivity index (χ1n) is 8.01. The predicted molar refractivity (Wildman–Crippen MR) is 94.7 cm³/mol. The van der Waals surface area contributed by atoms with Gasteiger partial charge in [-0.1, -0.05) is 42.5 Å². The number of aromatic amines is 1. The van der Waals surface area contributed by atoms with Crippen molar-refractivity contribution in [2.24, 2.45) is 0 Å². The van der Waals surface area contributed by atoms with Crippen LogP contribution in [0.1, 0.15) is 15.9 Å². The van der Waals surface area contributed by atoms with Crippen molar-refractivity contribution in [2.45, 2.75) is 0 Å². The molecule has 3 aromatic carbocycles. The maximum absolute atomic E-state index is 12.6. The molecule has 3 nitrogen and oxygen atoms in total. The number of aromatic nitrogens is 1. The molecule has 0 bridgehead atoms. The summed E-state index contributed by atoms with van der Waals surface area (Å²) in [5.41, 5.74) is 4.07. The van der Waals surface area contributed by atoms with E-state index in [4.69, 9.17) is 0 Å². The van der Waals surface area contributed by atoms with Crippen LogP contribution in [0.25, 0.3) is 34.1 Å². The Hall–Kier alpha value is -3.33. The minimum atomic E-state index is -0.0214. The Balaban J connectivity index is 2.06. The first-order chi connectivity index (χ1) is 11.8. The largest absolute Gasteiger partial charge is 0.354 e. The molecule has 1 aliphatic carbocycles. The molecule has 4 aromatic rings. The molecule has 3 heteroatoms. The lowest BCUT2D eigenvalue weighted by Crippen LogP contribution is -2.15. The molecule has 0 radical (unpaired) electrons. The van der Waals surface area contributed by atoms with Crippen molar-refractivity contribution < 1.29 is 4.79 Å². The van der Waals surface area contributed by atoms with Crippen molar-refractivity contribution >= 4 is 40.0 Å². The van der Waals surface area contributed by atoms with Crippen LogP contribution in [0.5, 0.6) is 0 Å². The third-order valence-corrected chi connectivity index (χ3v) is 5.14. The van der Waals surface area contributed by atoms with Gasteiger partial charge >= 0.3 is 0 Å². The molecule has 24 heavy (non-hydrogen) atoms. The number of nitrogens with one attached hydrogen (secondary N) is 2. The van der Waals surface area contributed by atoms with E-state index in [1.807, 2.05) is 24.4 Å². The molecule has 2 N–H and O–H groups in total. The number of H-pyrrole nitrogens is 1. The number of hydrogen-bond acceptors (Lipinski definition) is 1. The molecule has 1 amide bonds. The summed E-state index contributed by atoms with van der Waals surface area (Å²) >= 11 is 0. The molecule has 0 fully saturated rings. The molecular weight excluding hydrogens is 296 g/mol. The Kier molecular flexibility index (Phi) is 2.00. The van der Waals surface area contributed by atoms with Gasteiger partial charge in [-0.25, -0.2) is 0 Å². The summed E-state index contributed by atoms with van der Waals surface area (Å²) < 4.78 is 0. The molecule has 2 aliphatic rings. The molecule has 6 rings (SSSR count). The third-order valence-electron chi connectivity index (χ3n) is 5.14. The topological polar surface area (TPSA) is 44.9 Å². The normalized spacial score (nSPS) is 14.1. The lowest BCUT2D eigenvalue weighted by Gasteiger charge is -2.02. The van der Waals surface area contributed by atoms with Crippen LogP contribution in [-0.2, 0) is 0 Å². The van der Waals surface area contributed by atoms with Crippen LogP contribution in [0, 0.1) is 10.4 Å². The number of benzene rings is 3. The predicted octanol–water partition coefficient (Wildman–Crippen LogP) is 2.23. The highest BCUT2D eigenvalue weighted by Crippen LogP contribution is 2.31. The number of carbonyl (C=O) groups is 1. The van der Waals surface area contributed by atoms with E-state index in [0.717, 1.165) is 37.8 Å². The van der Waals surface area contributed by atoms with E-state index < -0.39 is 0 Å². The van der Waals surface area contributed by atoms with Gasteiger partial charge < -0.3 is 10.3 Å². The van der Waals surface area contributed by atoms with Crippen molar-refractivity contribution in [1.82, 2.24) is 10.3 Å². The van der Waals surface area contributed by atoms with E-state index in [-0.39, 0.29) is 5.91 Å². The fraction of sp³-hybridized carbons (Fsp3) is 0. The van der Waals surface area contributed by atoms with E-state index in [1.54, 1.807) is 0 Å². The summed E-state index contributed by atoms with van der Waals surface area (Å²) in [5.74, 6) is -0.0214. The molecule has 112 valence electrons. The van der Waals surface area contributed by atoms with Gasteiger partial charge in [0.15, 0.2) is 0 Å². The molecule has 0 unspecified atom stereocenters. The van der Waals surface area contributed by atoms with Crippen LogP contribution < -0.4 is 15.8 Å². The van der Waals surface area contributed by atoms with Crippen LogP contribution in [-0.4, -0.2) is 10.9 Å². The van der Waals surface area contributed by atoms with Crippen LogP contribution >= 0.6 is 0 Å². The summed E-state index contributed by atoms with van der Waals surface area (Å²) in [6.45, 7) is 0. The smallest absolute Gasteiger partial charge is 0.256 e. The Morgan fingerprint density at radius 3 is 2.71 bits per heavy atom. The first kappa shape index (κ1) is 12.1. The zero-order valence-corrected chi connectivity index (χ0v) is 12.7. The number of rotatable bonds is 0. The summed E-state index contributed by atoms with van der Waals surface area (Å²) in [4.78, 5) is 16.1. The van der Waals surface area contributed by atoms with Gasteiger partial charge in [-0.2, -0.15) is 0 Å². The lowest BCUT2D eigenvalue weighted by atomic mass is 9.99. The second-order valence-corrected chi connectivity index (χ2v) is 6.35. The summed E-state index contributed by atoms with van der Waals surface area (Å²) in [7, 11) is 0. The highest BCUT2D eigenvalue weighted by Gasteiger charge is 2.24. The highest BCUT2D eigenvalue weighted by molar-refractivity contribution is 6.21. The van der Waals surface area contributed by atoms with Gasteiger partial charge in [-0.05, 0) is 22.6 Å². The first-order valence-corrected chi connectivity index (χ1v) is 8.01. The number of para-hydroxylation sites is 1. The molecule has 0 saturated carbocycles. The van der Waals surface area contributed by atoms with E-state index in [2.05, 4.69) is 46.7 Å². The van der Waals surface area contributed by atoms with Gasteiger partial charge in [0.25, 0.3) is 5.91 Å². The quantitative estimate of drug-likeness (QED) is 0.453. The van der Waals surface area contributed by atoms with Gasteiger partial charge in [-0.15, -0.1) is 0 Å². The van der Waals surface area contributed by atoms with Gasteiger partial charge in [-0.3, -0.25) is 4.79 Å². The van der Waals surface area contributed by atoms with Crippen molar-refractivity contribution in [3.05, 3.63) is 80.5 Å². The van der Waals surface area contributed by atoms with Crippen LogP contribution in [0.2, 0.25) is 0 Å². The molecule has 0 spiro atoms. The Morgan fingerprint density at radius 2 is 1.75 bits per heavy atom. The number of hydrogen-bond donors (Lipinski definition) is 2. The van der Waals surface area contributed by atoms with E-state index in [1.165, 1.54) is 16.0 Å². The van der Waals surface area contributed by atoms with Crippen LogP contribution in [0.15, 0.2) is 48.5 Å². The van der Waals surface area contributed by atoms with Gasteiger partial charge in [0.2, 0.25) is 0 Å². The van der Waals surface area contributed by atoms with Crippen molar-refractivity contribution in [3.8, 4) is 0 Å². The zero-order chi connectivity index (χ0) is 15.8. The molecule has 1 aromatic heterocycles. The minimum absolute atomic E-state index is 0.0214. The van der Waals surface area contributed by atoms with E-state index >= 15 is 0 Å². The van der Waals surface area contributed by atoms with Crippen LogP contribution in [0.4, 0.5) is 0 Å². The second kappa shape index (κ2) is 3.95. The fourth-order valence-electron chi connectivity index (χ4n) is 4.16. The molecule has 2 heterocycles. The molecule has 0 atom stereocenters. The Morgan fingerprint density at radius 1 is 0.917 bits per heavy atom. The summed E-state index contributed by atoms with van der Waals surface area (Å²) in [5, 5.41) is 9.57. The van der Waals surface area contributed by atoms with Crippen molar-refractivity contribution in [2.75, 3.05) is 0 Å². The minimum Gasteiger partial charge on any atom is -0.354 e. The van der Waals surface area contributed by atoms with Gasteiger partial charge in [0, 0.05) is 38.5 Å². The number of carbonyl (C=O) groups excluding carboxylic acids is 1. The van der Waals surface area contributed by atoms with E-state index in [0.29, 0.717) is 0 Å². The standard InChI is InChI=1S/C21H12N2O/c24-21-19-15(10-22-21)17-12-6-2-1-5-11(12)9-14(17)20-18(19)13-7-3-4-8-16(13)23-20/h1-10,23H,(H,22,24). The molecular formula is C21H12N2O. The second-order valence-electron chi connectivity index (χ2n) is 6.35. The number of amides is 1. The van der Waals surface area contributed by atoms with Crippen molar-refractivity contribution in [3.63, 3.8) is 0 Å². The lowest BCUT2D eigenvalue weighted by molar-refractivity contribution is 0.0981. The van der Waals surface area contributed by atoms with Crippen LogP contribution in [0.3, 0.4) is 0 Å². The van der Waals surface area contributed by atoms with Gasteiger partial charge in [0.05, 0.1) is 11.1 Å². The Labute approximate surface area is 136 Å². The number of fused-ring (bicyclic) bond motifs is 9. The third kappa shape index (κ3) is 1.27. The maximum atomic E-state index is 12.6. The highest BCUT2D eigenvalue weighted by atomic mass is 16.1. The maximum Gasteiger partial charge on any atom is 0.256 e. The SMILES string of the molecule is O=C1NC=c2c1c1c([nH]c3ccccc31)c1c2=c2ccccc2=C1. The molecule has 1 aliphatic heterocycles. The molecule has 0 saturated heterocycles. The monoisotopic (exact) mass is 308 g/mol. The average Bonchev–Trinajstić information content (AvgIpc) is 3.27. The fourth-order valence-corrected chi connectivity index (χ4v) is 4.16.